The Kier molecular flexibility index (Phi) is 5.57. The second-order valence-corrected chi connectivity index (χ2v) is 4.56. The molecule has 0 saturated carbocycles. The number of hydrogen-bond donors (Lipinski definition) is 2. The first-order valence-electron chi connectivity index (χ1n) is 6.13. The monoisotopic (exact) mass is 268 g/mol. The van der Waals surface area contributed by atoms with Gasteiger partial charge in [0, 0.05) is 6.04 Å². The summed E-state index contributed by atoms with van der Waals surface area (Å²) >= 11 is 0. The van der Waals surface area contributed by atoms with Crippen molar-refractivity contribution in [3.63, 3.8) is 0 Å². The SMILES string of the molecule is COC(=O)c1coc(CNC(C)C(=O)NC(C)C)c1. The Hall–Kier alpha value is -1.82. The molecule has 106 valence electrons. The molecular formula is C13H20N2O4. The van der Waals surface area contributed by atoms with Crippen molar-refractivity contribution in [1.82, 2.24) is 10.6 Å². The van der Waals surface area contributed by atoms with Crippen LogP contribution >= 0.6 is 0 Å². The Morgan fingerprint density at radius 3 is 2.63 bits per heavy atom. The molecule has 0 saturated heterocycles. The van der Waals surface area contributed by atoms with E-state index in [0.717, 1.165) is 0 Å². The number of carbonyl (C=O) groups is 2. The average molecular weight is 268 g/mol. The van der Waals surface area contributed by atoms with E-state index in [1.807, 2.05) is 13.8 Å². The number of rotatable bonds is 6. The van der Waals surface area contributed by atoms with Crippen molar-refractivity contribution in [2.75, 3.05) is 7.11 Å². The predicted octanol–water partition coefficient (Wildman–Crippen LogP) is 1.07. The van der Waals surface area contributed by atoms with Crippen molar-refractivity contribution in [1.29, 1.82) is 0 Å². The zero-order valence-corrected chi connectivity index (χ0v) is 11.6. The number of amides is 1. The lowest BCUT2D eigenvalue weighted by Crippen LogP contribution is -2.44. The van der Waals surface area contributed by atoms with Crippen LogP contribution in [0.25, 0.3) is 0 Å². The van der Waals surface area contributed by atoms with Crippen LogP contribution in [0.15, 0.2) is 16.7 Å². The van der Waals surface area contributed by atoms with Crippen LogP contribution in [0.3, 0.4) is 0 Å². The van der Waals surface area contributed by atoms with Gasteiger partial charge in [-0.05, 0) is 26.8 Å². The largest absolute Gasteiger partial charge is 0.467 e. The summed E-state index contributed by atoms with van der Waals surface area (Å²) in [5.74, 6) is 0.0555. The average Bonchev–Trinajstić information content (AvgIpc) is 2.82. The Morgan fingerprint density at radius 2 is 2.05 bits per heavy atom. The van der Waals surface area contributed by atoms with Crippen molar-refractivity contribution in [2.45, 2.75) is 39.4 Å². The minimum Gasteiger partial charge on any atom is -0.467 e. The molecule has 1 aromatic heterocycles. The van der Waals surface area contributed by atoms with Crippen molar-refractivity contribution in [2.24, 2.45) is 0 Å². The van der Waals surface area contributed by atoms with Crippen LogP contribution < -0.4 is 10.6 Å². The first-order chi connectivity index (χ1) is 8.93. The minimum absolute atomic E-state index is 0.0743. The predicted molar refractivity (Wildman–Crippen MR) is 69.6 cm³/mol. The van der Waals surface area contributed by atoms with E-state index in [1.165, 1.54) is 13.4 Å². The van der Waals surface area contributed by atoms with Crippen molar-refractivity contribution >= 4 is 11.9 Å². The van der Waals surface area contributed by atoms with Gasteiger partial charge in [0.15, 0.2) is 0 Å². The topological polar surface area (TPSA) is 80.6 Å². The van der Waals surface area contributed by atoms with Gasteiger partial charge in [-0.25, -0.2) is 4.79 Å². The molecule has 1 atom stereocenters. The normalized spacial score (nSPS) is 12.3. The number of furan rings is 1. The number of ether oxygens (including phenoxy) is 1. The molecule has 0 aliphatic carbocycles. The van der Waals surface area contributed by atoms with E-state index in [4.69, 9.17) is 4.42 Å². The third kappa shape index (κ3) is 4.75. The number of nitrogens with one attached hydrogen (secondary N) is 2. The van der Waals surface area contributed by atoms with Crippen molar-refractivity contribution < 1.29 is 18.7 Å². The van der Waals surface area contributed by atoms with E-state index in [9.17, 15) is 9.59 Å². The molecule has 0 radical (unpaired) electrons. The molecule has 6 nitrogen and oxygen atoms in total. The molecule has 0 bridgehead atoms. The van der Waals surface area contributed by atoms with Crippen LogP contribution in [-0.2, 0) is 16.1 Å². The number of methoxy groups -OCH3 is 1. The van der Waals surface area contributed by atoms with Gasteiger partial charge in [0.25, 0.3) is 0 Å². The highest BCUT2D eigenvalue weighted by Crippen LogP contribution is 2.08. The zero-order valence-electron chi connectivity index (χ0n) is 11.6. The van der Waals surface area contributed by atoms with Crippen molar-refractivity contribution in [3.05, 3.63) is 23.7 Å². The van der Waals surface area contributed by atoms with E-state index in [2.05, 4.69) is 15.4 Å². The lowest BCUT2D eigenvalue weighted by molar-refractivity contribution is -0.123. The van der Waals surface area contributed by atoms with Crippen LogP contribution in [0.2, 0.25) is 0 Å². The van der Waals surface area contributed by atoms with E-state index < -0.39 is 5.97 Å². The Balaban J connectivity index is 2.46. The lowest BCUT2D eigenvalue weighted by Gasteiger charge is -2.15. The molecule has 0 spiro atoms. The highest BCUT2D eigenvalue weighted by atomic mass is 16.5. The maximum absolute atomic E-state index is 11.7. The maximum atomic E-state index is 11.7. The number of hydrogen-bond acceptors (Lipinski definition) is 5. The number of esters is 1. The first-order valence-corrected chi connectivity index (χ1v) is 6.13. The highest BCUT2D eigenvalue weighted by molar-refractivity contribution is 5.89. The summed E-state index contributed by atoms with van der Waals surface area (Å²) < 4.78 is 9.78. The molecule has 0 aliphatic heterocycles. The smallest absolute Gasteiger partial charge is 0.341 e. The summed E-state index contributed by atoms with van der Waals surface area (Å²) in [6.45, 7) is 5.94. The second kappa shape index (κ2) is 6.94. The van der Waals surface area contributed by atoms with E-state index in [1.54, 1.807) is 13.0 Å². The Labute approximate surface area is 112 Å². The molecule has 2 N–H and O–H groups in total. The third-order valence-electron chi connectivity index (χ3n) is 2.48. The van der Waals surface area contributed by atoms with Gasteiger partial charge < -0.3 is 14.5 Å². The minimum atomic E-state index is -0.444. The van der Waals surface area contributed by atoms with Crippen LogP contribution in [0.1, 0.15) is 36.9 Å². The molecular weight excluding hydrogens is 248 g/mol. The Bertz CT molecular complexity index is 440. The zero-order chi connectivity index (χ0) is 14.4. The third-order valence-corrected chi connectivity index (χ3v) is 2.48. The van der Waals surface area contributed by atoms with Crippen LogP contribution in [0, 0.1) is 0 Å². The Morgan fingerprint density at radius 1 is 1.37 bits per heavy atom. The van der Waals surface area contributed by atoms with E-state index >= 15 is 0 Å². The molecule has 0 aromatic carbocycles. The lowest BCUT2D eigenvalue weighted by atomic mass is 10.2. The van der Waals surface area contributed by atoms with E-state index in [0.29, 0.717) is 17.9 Å². The molecule has 1 rings (SSSR count). The quantitative estimate of drug-likeness (QED) is 0.754. The molecule has 0 aliphatic rings. The highest BCUT2D eigenvalue weighted by Gasteiger charge is 2.15. The first kappa shape index (κ1) is 15.2. The molecule has 1 aromatic rings. The van der Waals surface area contributed by atoms with Gasteiger partial charge in [0.2, 0.25) is 5.91 Å². The molecule has 1 amide bonds. The van der Waals surface area contributed by atoms with Crippen LogP contribution in [0.4, 0.5) is 0 Å². The fourth-order valence-electron chi connectivity index (χ4n) is 1.45. The van der Waals surface area contributed by atoms with Crippen LogP contribution in [0.5, 0.6) is 0 Å². The molecule has 6 heteroatoms. The molecule has 0 fully saturated rings. The fraction of sp³-hybridized carbons (Fsp3) is 0.538. The van der Waals surface area contributed by atoms with Gasteiger partial charge in [-0.2, -0.15) is 0 Å². The second-order valence-electron chi connectivity index (χ2n) is 4.56. The standard InChI is InChI=1S/C13H20N2O4/c1-8(2)15-12(16)9(3)14-6-11-5-10(7-19-11)13(17)18-4/h5,7-9,14H,6H2,1-4H3,(H,15,16). The van der Waals surface area contributed by atoms with Crippen LogP contribution in [-0.4, -0.2) is 31.1 Å². The summed E-state index contributed by atoms with van der Waals surface area (Å²) in [6, 6.07) is 1.35. The van der Waals surface area contributed by atoms with E-state index in [-0.39, 0.29) is 18.0 Å². The van der Waals surface area contributed by atoms with Gasteiger partial charge in [-0.3, -0.25) is 10.1 Å². The van der Waals surface area contributed by atoms with Gasteiger partial charge in [0.1, 0.15) is 12.0 Å². The van der Waals surface area contributed by atoms with Gasteiger partial charge in [-0.1, -0.05) is 0 Å². The van der Waals surface area contributed by atoms with Gasteiger partial charge in [-0.15, -0.1) is 0 Å². The van der Waals surface area contributed by atoms with Gasteiger partial charge in [0.05, 0.1) is 25.3 Å². The molecule has 19 heavy (non-hydrogen) atoms. The number of carbonyl (C=O) groups excluding carboxylic acids is 2. The maximum Gasteiger partial charge on any atom is 0.341 e. The van der Waals surface area contributed by atoms with Crippen molar-refractivity contribution in [3.8, 4) is 0 Å². The molecule has 1 heterocycles. The summed E-state index contributed by atoms with van der Waals surface area (Å²) in [7, 11) is 1.31. The molecule has 1 unspecified atom stereocenters. The summed E-state index contributed by atoms with van der Waals surface area (Å²) in [5, 5.41) is 5.82. The summed E-state index contributed by atoms with van der Waals surface area (Å²) in [4.78, 5) is 22.9. The fourth-order valence-corrected chi connectivity index (χ4v) is 1.45. The van der Waals surface area contributed by atoms with Gasteiger partial charge >= 0.3 is 5.97 Å². The summed E-state index contributed by atoms with van der Waals surface area (Å²) in [5.41, 5.74) is 0.360. The summed E-state index contributed by atoms with van der Waals surface area (Å²) in [6.07, 6.45) is 1.34.